The van der Waals surface area contributed by atoms with Gasteiger partial charge in [-0.15, -0.1) is 0 Å². The largest absolute Gasteiger partial charge is 0.494 e. The first-order valence-corrected chi connectivity index (χ1v) is 15.9. The van der Waals surface area contributed by atoms with Crippen LogP contribution in [-0.4, -0.2) is 36.6 Å². The van der Waals surface area contributed by atoms with Gasteiger partial charge in [0.1, 0.15) is 0 Å². The maximum absolute atomic E-state index is 6.61. The van der Waals surface area contributed by atoms with Gasteiger partial charge in [0, 0.05) is 0 Å². The van der Waals surface area contributed by atoms with Crippen LogP contribution in [0.25, 0.3) is 33.0 Å². The molecule has 2 fully saturated rings. The number of fused-ring (bicyclic) bond motifs is 1. The third-order valence-corrected chi connectivity index (χ3v) is 10.2. The maximum atomic E-state index is 6.61. The molecule has 0 atom stereocenters. The van der Waals surface area contributed by atoms with Crippen LogP contribution in [0.3, 0.4) is 0 Å². The molecule has 2 saturated heterocycles. The van der Waals surface area contributed by atoms with Crippen LogP contribution >= 0.6 is 0 Å². The van der Waals surface area contributed by atoms with Gasteiger partial charge < -0.3 is 18.6 Å². The highest BCUT2D eigenvalue weighted by atomic mass is 16.7. The molecule has 4 nitrogen and oxygen atoms in total. The van der Waals surface area contributed by atoms with Crippen LogP contribution in [0.4, 0.5) is 0 Å². The normalized spacial score (nSPS) is 20.1. The molecular weight excluding hydrogens is 542 g/mol. The molecule has 0 saturated carbocycles. The Kier molecular flexibility index (Phi) is 7.29. The molecule has 0 aromatic heterocycles. The van der Waals surface area contributed by atoms with E-state index in [9.17, 15) is 0 Å². The van der Waals surface area contributed by atoms with E-state index in [1.54, 1.807) is 0 Å². The van der Waals surface area contributed by atoms with Gasteiger partial charge in [0.2, 0.25) is 0 Å². The lowest BCUT2D eigenvalue weighted by atomic mass is 9.72. The van der Waals surface area contributed by atoms with Crippen LogP contribution in [0, 0.1) is 27.7 Å². The quantitative estimate of drug-likeness (QED) is 0.227. The molecule has 0 spiro atoms. The molecule has 2 aliphatic heterocycles. The molecule has 228 valence electrons. The third kappa shape index (κ3) is 5.34. The molecule has 0 amide bonds. The molecular formula is C38H46B2O4. The van der Waals surface area contributed by atoms with Crippen molar-refractivity contribution in [2.45, 2.75) is 105 Å². The highest BCUT2D eigenvalue weighted by Crippen LogP contribution is 2.41. The minimum Gasteiger partial charge on any atom is -0.399 e. The summed E-state index contributed by atoms with van der Waals surface area (Å²) in [5, 5.41) is 2.30. The summed E-state index contributed by atoms with van der Waals surface area (Å²) in [6, 6.07) is 22.6. The van der Waals surface area contributed by atoms with Crippen molar-refractivity contribution < 1.29 is 18.6 Å². The van der Waals surface area contributed by atoms with Crippen LogP contribution in [0.15, 0.2) is 60.7 Å². The Hall–Kier alpha value is -2.89. The highest BCUT2D eigenvalue weighted by Gasteiger charge is 2.53. The lowest BCUT2D eigenvalue weighted by molar-refractivity contribution is 0.00578. The Morgan fingerprint density at radius 3 is 0.932 bits per heavy atom. The first-order valence-electron chi connectivity index (χ1n) is 15.9. The van der Waals surface area contributed by atoms with Crippen LogP contribution in [0.5, 0.6) is 0 Å². The van der Waals surface area contributed by atoms with Crippen molar-refractivity contribution in [1.29, 1.82) is 0 Å². The molecule has 6 rings (SSSR count). The summed E-state index contributed by atoms with van der Waals surface area (Å²) in [6.45, 7) is 25.5. The topological polar surface area (TPSA) is 36.9 Å². The minimum atomic E-state index is -0.482. The zero-order valence-electron chi connectivity index (χ0n) is 28.6. The second-order valence-corrected chi connectivity index (χ2v) is 15.2. The Labute approximate surface area is 264 Å². The zero-order valence-corrected chi connectivity index (χ0v) is 28.6. The van der Waals surface area contributed by atoms with Crippen molar-refractivity contribution in [1.82, 2.24) is 0 Å². The second kappa shape index (κ2) is 10.3. The van der Waals surface area contributed by atoms with Crippen LogP contribution in [0.2, 0.25) is 0 Å². The first-order chi connectivity index (χ1) is 20.4. The summed E-state index contributed by atoms with van der Waals surface area (Å²) in [4.78, 5) is 0. The predicted octanol–water partition coefficient (Wildman–Crippen LogP) is 8.01. The average Bonchev–Trinajstić information content (AvgIpc) is 3.25. The Morgan fingerprint density at radius 2 is 0.659 bits per heavy atom. The van der Waals surface area contributed by atoms with Crippen molar-refractivity contribution >= 4 is 35.9 Å². The molecule has 4 aromatic carbocycles. The fourth-order valence-electron chi connectivity index (χ4n) is 6.48. The second-order valence-electron chi connectivity index (χ2n) is 15.2. The number of aryl methyl sites for hydroxylation is 4. The molecule has 44 heavy (non-hydrogen) atoms. The molecule has 2 heterocycles. The predicted molar refractivity (Wildman–Crippen MR) is 185 cm³/mol. The summed E-state index contributed by atoms with van der Waals surface area (Å²) in [5.41, 5.74) is 9.80. The van der Waals surface area contributed by atoms with Gasteiger partial charge in [-0.3, -0.25) is 0 Å². The smallest absolute Gasteiger partial charge is 0.399 e. The summed E-state index contributed by atoms with van der Waals surface area (Å²) >= 11 is 0. The van der Waals surface area contributed by atoms with Crippen molar-refractivity contribution in [3.8, 4) is 22.3 Å². The molecule has 4 aromatic rings. The minimum absolute atomic E-state index is 0.441. The molecule has 2 aliphatic rings. The zero-order chi connectivity index (χ0) is 32.0. The van der Waals surface area contributed by atoms with E-state index in [4.69, 9.17) is 18.6 Å². The molecule has 0 unspecified atom stereocenters. The molecule has 0 aliphatic carbocycles. The van der Waals surface area contributed by atoms with Crippen molar-refractivity contribution in [2.24, 2.45) is 0 Å². The monoisotopic (exact) mass is 588 g/mol. The van der Waals surface area contributed by atoms with Gasteiger partial charge >= 0.3 is 14.2 Å². The number of benzene rings is 4. The molecule has 0 bridgehead atoms. The van der Waals surface area contributed by atoms with Gasteiger partial charge in [0.25, 0.3) is 0 Å². The summed E-state index contributed by atoms with van der Waals surface area (Å²) in [7, 11) is -0.965. The number of hydrogen-bond acceptors (Lipinski definition) is 4. The van der Waals surface area contributed by atoms with Gasteiger partial charge in [-0.1, -0.05) is 82.9 Å². The maximum Gasteiger partial charge on any atom is 0.494 e. The Bertz CT molecular complexity index is 1580. The molecule has 6 heteroatoms. The van der Waals surface area contributed by atoms with E-state index in [0.29, 0.717) is 0 Å². The number of hydrogen-bond donors (Lipinski definition) is 0. The summed E-state index contributed by atoms with van der Waals surface area (Å²) in [6.07, 6.45) is 0. The fraction of sp³-hybridized carbons (Fsp3) is 0.421. The van der Waals surface area contributed by atoms with Crippen LogP contribution in [-0.2, 0) is 18.6 Å². The van der Waals surface area contributed by atoms with E-state index < -0.39 is 36.6 Å². The summed E-state index contributed by atoms with van der Waals surface area (Å²) in [5.74, 6) is 0. The van der Waals surface area contributed by atoms with E-state index in [1.807, 2.05) is 0 Å². The lowest BCUT2D eigenvalue weighted by Crippen LogP contribution is -2.41. The first kappa shape index (κ1) is 31.1. The third-order valence-electron chi connectivity index (χ3n) is 10.2. The lowest BCUT2D eigenvalue weighted by Gasteiger charge is -2.32. The van der Waals surface area contributed by atoms with E-state index in [2.05, 4.69) is 144 Å². The van der Waals surface area contributed by atoms with E-state index in [0.717, 1.165) is 32.8 Å². The SMILES string of the molecule is Cc1cc(C)cc(-c2cc(B3OC(C)(C)C(C)(C)O3)cc3c(-c4cc(C)cc(C)c4)cc(B4OC(C)(C)C(C)(C)O4)cc23)c1. The number of rotatable bonds is 4. The van der Waals surface area contributed by atoms with Gasteiger partial charge in [-0.05, 0) is 127 Å². The van der Waals surface area contributed by atoms with E-state index in [-0.39, 0.29) is 0 Å². The van der Waals surface area contributed by atoms with E-state index in [1.165, 1.54) is 33.4 Å². The van der Waals surface area contributed by atoms with Crippen molar-refractivity contribution in [3.63, 3.8) is 0 Å². The standard InChI is InChI=1S/C38H46B2O4/c1-23-13-24(2)16-27(15-23)31-19-29(39-41-35(5,6)36(7,8)42-39)22-34-32(28-17-25(3)14-26(4)18-28)20-30(21-33(31)34)40-43-37(9,10)38(11,12)44-40/h13-22H,1-12H3. The van der Waals surface area contributed by atoms with Crippen LogP contribution < -0.4 is 10.9 Å². The Morgan fingerprint density at radius 1 is 0.386 bits per heavy atom. The summed E-state index contributed by atoms with van der Waals surface area (Å²) < 4.78 is 26.4. The van der Waals surface area contributed by atoms with Crippen molar-refractivity contribution in [2.75, 3.05) is 0 Å². The van der Waals surface area contributed by atoms with Gasteiger partial charge in [-0.25, -0.2) is 0 Å². The average molecular weight is 588 g/mol. The molecule has 0 N–H and O–H groups in total. The molecule has 0 radical (unpaired) electrons. The van der Waals surface area contributed by atoms with Gasteiger partial charge in [0.15, 0.2) is 0 Å². The van der Waals surface area contributed by atoms with Crippen LogP contribution in [0.1, 0.15) is 77.6 Å². The van der Waals surface area contributed by atoms with Crippen molar-refractivity contribution in [3.05, 3.63) is 82.9 Å². The highest BCUT2D eigenvalue weighted by molar-refractivity contribution is 6.63. The fourth-order valence-corrected chi connectivity index (χ4v) is 6.48. The van der Waals surface area contributed by atoms with Gasteiger partial charge in [-0.2, -0.15) is 0 Å². The Balaban J connectivity index is 1.67. The van der Waals surface area contributed by atoms with Gasteiger partial charge in [0.05, 0.1) is 22.4 Å². The van der Waals surface area contributed by atoms with E-state index >= 15 is 0 Å².